The van der Waals surface area contributed by atoms with Crippen LogP contribution in [0, 0.1) is 8.78 Å². The van der Waals surface area contributed by atoms with Gasteiger partial charge in [-0.3, -0.25) is 0 Å². The fourth-order valence-corrected chi connectivity index (χ4v) is 3.08. The summed E-state index contributed by atoms with van der Waals surface area (Å²) in [6.45, 7) is 0. The van der Waals surface area contributed by atoms with Gasteiger partial charge >= 0.3 is 0 Å². The van der Waals surface area contributed by atoms with Crippen molar-refractivity contribution in [1.82, 2.24) is 4.98 Å². The smallest absolute Gasteiger partial charge is 0.207 e. The SMILES string of the molecule is [O-][n+]1ccc2sc(-c3cccc(I)c3)nc2c1. The van der Waals surface area contributed by atoms with Crippen LogP contribution in [0.1, 0.15) is 0 Å². The molecular formula is C12H7IN2OS. The van der Waals surface area contributed by atoms with Gasteiger partial charge in [-0.05, 0) is 34.7 Å². The first-order valence-electron chi connectivity index (χ1n) is 4.98. The van der Waals surface area contributed by atoms with Gasteiger partial charge in [-0.15, -0.1) is 11.3 Å². The van der Waals surface area contributed by atoms with Gasteiger partial charge in [0.25, 0.3) is 0 Å². The number of halogens is 1. The average Bonchev–Trinajstić information content (AvgIpc) is 2.72. The molecule has 0 aliphatic heterocycles. The first kappa shape index (κ1) is 10.9. The molecule has 0 aliphatic rings. The second kappa shape index (κ2) is 4.23. The number of aromatic nitrogens is 2. The molecule has 1 aromatic carbocycles. The van der Waals surface area contributed by atoms with Gasteiger partial charge in [-0.25, -0.2) is 4.98 Å². The Labute approximate surface area is 115 Å². The first-order valence-corrected chi connectivity index (χ1v) is 6.87. The molecular weight excluding hydrogens is 347 g/mol. The Morgan fingerprint density at radius 2 is 2.18 bits per heavy atom. The van der Waals surface area contributed by atoms with Gasteiger partial charge in [0.2, 0.25) is 6.20 Å². The molecule has 0 aliphatic carbocycles. The number of thiazole rings is 1. The number of nitrogens with zero attached hydrogens (tertiary/aromatic N) is 2. The van der Waals surface area contributed by atoms with Crippen LogP contribution in [-0.2, 0) is 0 Å². The van der Waals surface area contributed by atoms with Crippen LogP contribution >= 0.6 is 33.9 Å². The third-order valence-corrected chi connectivity index (χ3v) is 4.13. The average molecular weight is 354 g/mol. The van der Waals surface area contributed by atoms with Crippen LogP contribution in [0.2, 0.25) is 0 Å². The molecule has 2 aromatic heterocycles. The maximum absolute atomic E-state index is 11.2. The Morgan fingerprint density at radius 3 is 3.00 bits per heavy atom. The van der Waals surface area contributed by atoms with E-state index in [0.717, 1.165) is 25.5 Å². The minimum absolute atomic E-state index is 0.751. The largest absolute Gasteiger partial charge is 0.619 e. The van der Waals surface area contributed by atoms with E-state index in [1.54, 1.807) is 17.4 Å². The normalized spacial score (nSPS) is 10.9. The Morgan fingerprint density at radius 1 is 1.29 bits per heavy atom. The van der Waals surface area contributed by atoms with Crippen molar-refractivity contribution in [2.75, 3.05) is 0 Å². The van der Waals surface area contributed by atoms with E-state index < -0.39 is 0 Å². The molecule has 0 radical (unpaired) electrons. The molecule has 0 fully saturated rings. The second-order valence-corrected chi connectivity index (χ2v) is 5.86. The van der Waals surface area contributed by atoms with Crippen molar-refractivity contribution in [2.24, 2.45) is 0 Å². The lowest BCUT2D eigenvalue weighted by Crippen LogP contribution is -2.23. The van der Waals surface area contributed by atoms with E-state index >= 15 is 0 Å². The molecule has 0 amide bonds. The number of hydrogen-bond donors (Lipinski definition) is 0. The highest BCUT2D eigenvalue weighted by Gasteiger charge is 2.08. The third-order valence-electron chi connectivity index (χ3n) is 2.38. The highest BCUT2D eigenvalue weighted by Crippen LogP contribution is 2.29. The van der Waals surface area contributed by atoms with Crippen molar-refractivity contribution < 1.29 is 4.73 Å². The second-order valence-electron chi connectivity index (χ2n) is 3.58. The highest BCUT2D eigenvalue weighted by molar-refractivity contribution is 14.1. The van der Waals surface area contributed by atoms with Gasteiger partial charge in [-0.1, -0.05) is 12.1 Å². The Kier molecular flexibility index (Phi) is 2.71. The summed E-state index contributed by atoms with van der Waals surface area (Å²) in [5.74, 6) is 0. The Hall–Kier alpha value is -1.21. The van der Waals surface area contributed by atoms with Gasteiger partial charge < -0.3 is 5.21 Å². The fraction of sp³-hybridized carbons (Fsp3) is 0. The van der Waals surface area contributed by atoms with Gasteiger partial charge in [-0.2, -0.15) is 4.73 Å². The molecule has 0 bridgehead atoms. The van der Waals surface area contributed by atoms with Gasteiger partial charge in [0.15, 0.2) is 6.20 Å². The van der Waals surface area contributed by atoms with Crippen molar-refractivity contribution in [3.8, 4) is 10.6 Å². The molecule has 17 heavy (non-hydrogen) atoms. The lowest BCUT2D eigenvalue weighted by molar-refractivity contribution is -0.603. The summed E-state index contributed by atoms with van der Waals surface area (Å²) in [4.78, 5) is 4.48. The molecule has 3 rings (SSSR count). The molecule has 2 heterocycles. The van der Waals surface area contributed by atoms with E-state index in [1.807, 2.05) is 18.2 Å². The minimum Gasteiger partial charge on any atom is -0.619 e. The molecule has 0 unspecified atom stereocenters. The van der Waals surface area contributed by atoms with Gasteiger partial charge in [0.05, 0.1) is 4.70 Å². The molecule has 5 heteroatoms. The highest BCUT2D eigenvalue weighted by atomic mass is 127. The summed E-state index contributed by atoms with van der Waals surface area (Å²) in [6, 6.07) is 9.98. The maximum Gasteiger partial charge on any atom is 0.207 e. The molecule has 0 atom stereocenters. The summed E-state index contributed by atoms with van der Waals surface area (Å²) in [7, 11) is 0. The number of hydrogen-bond acceptors (Lipinski definition) is 3. The van der Waals surface area contributed by atoms with Gasteiger partial charge in [0, 0.05) is 15.2 Å². The van der Waals surface area contributed by atoms with Crippen LogP contribution in [0.15, 0.2) is 42.7 Å². The van der Waals surface area contributed by atoms with Crippen LogP contribution in [0.3, 0.4) is 0 Å². The van der Waals surface area contributed by atoms with Crippen LogP contribution in [-0.4, -0.2) is 4.98 Å². The van der Waals surface area contributed by atoms with Crippen molar-refractivity contribution in [3.05, 3.63) is 51.5 Å². The quantitative estimate of drug-likeness (QED) is 0.383. The summed E-state index contributed by atoms with van der Waals surface area (Å²) in [5, 5.41) is 12.1. The summed E-state index contributed by atoms with van der Waals surface area (Å²) >= 11 is 3.88. The number of pyridine rings is 1. The molecule has 3 nitrogen and oxygen atoms in total. The number of rotatable bonds is 1. The van der Waals surface area contributed by atoms with E-state index in [4.69, 9.17) is 0 Å². The molecule has 84 valence electrons. The fourth-order valence-electron chi connectivity index (χ4n) is 1.61. The third kappa shape index (κ3) is 2.12. The lowest BCUT2D eigenvalue weighted by Gasteiger charge is -1.95. The van der Waals surface area contributed by atoms with Gasteiger partial charge in [0.1, 0.15) is 10.5 Å². The number of fused-ring (bicyclic) bond motifs is 1. The van der Waals surface area contributed by atoms with E-state index in [1.165, 1.54) is 16.0 Å². The van der Waals surface area contributed by atoms with Crippen molar-refractivity contribution in [3.63, 3.8) is 0 Å². The minimum atomic E-state index is 0.751. The predicted molar refractivity (Wildman–Crippen MR) is 76.7 cm³/mol. The summed E-state index contributed by atoms with van der Waals surface area (Å²) in [6.07, 6.45) is 3.00. The zero-order valence-electron chi connectivity index (χ0n) is 8.63. The van der Waals surface area contributed by atoms with Crippen molar-refractivity contribution in [1.29, 1.82) is 0 Å². The Balaban J connectivity index is 2.18. The van der Waals surface area contributed by atoms with Crippen molar-refractivity contribution in [2.45, 2.75) is 0 Å². The summed E-state index contributed by atoms with van der Waals surface area (Å²) < 4.78 is 2.99. The van der Waals surface area contributed by atoms with E-state index in [9.17, 15) is 5.21 Å². The zero-order chi connectivity index (χ0) is 11.8. The summed E-state index contributed by atoms with van der Waals surface area (Å²) in [5.41, 5.74) is 1.84. The maximum atomic E-state index is 11.2. The first-order chi connectivity index (χ1) is 8.22. The topological polar surface area (TPSA) is 39.8 Å². The molecule has 0 saturated carbocycles. The predicted octanol–water partition coefficient (Wildman–Crippen LogP) is 3.20. The van der Waals surface area contributed by atoms with Crippen LogP contribution in [0.4, 0.5) is 0 Å². The van der Waals surface area contributed by atoms with Crippen molar-refractivity contribution >= 4 is 44.1 Å². The van der Waals surface area contributed by atoms with E-state index in [0.29, 0.717) is 0 Å². The standard InChI is InChI=1S/C12H7IN2OS/c13-9-3-1-2-8(6-9)12-14-10-7-15(16)5-4-11(10)17-12/h1-7H. The molecule has 0 saturated heterocycles. The number of benzene rings is 1. The van der Waals surface area contributed by atoms with E-state index in [2.05, 4.69) is 33.6 Å². The zero-order valence-corrected chi connectivity index (χ0v) is 11.6. The molecule has 0 spiro atoms. The molecule has 3 aromatic rings. The van der Waals surface area contributed by atoms with E-state index in [-0.39, 0.29) is 0 Å². The van der Waals surface area contributed by atoms with Crippen LogP contribution in [0.5, 0.6) is 0 Å². The van der Waals surface area contributed by atoms with Crippen LogP contribution < -0.4 is 4.73 Å². The Bertz CT molecular complexity index is 696. The molecule has 0 N–H and O–H groups in total. The lowest BCUT2D eigenvalue weighted by atomic mass is 10.2. The monoisotopic (exact) mass is 354 g/mol. The van der Waals surface area contributed by atoms with Crippen LogP contribution in [0.25, 0.3) is 20.8 Å².